The maximum Gasteiger partial charge on any atom is 0.226 e. The molecule has 0 aliphatic carbocycles. The summed E-state index contributed by atoms with van der Waals surface area (Å²) in [5, 5.41) is 4.15. The first-order valence-corrected chi connectivity index (χ1v) is 11.1. The van der Waals surface area contributed by atoms with Crippen LogP contribution in [0.2, 0.25) is 0 Å². The Morgan fingerprint density at radius 2 is 1.75 bits per heavy atom. The third-order valence-electron chi connectivity index (χ3n) is 5.62. The van der Waals surface area contributed by atoms with E-state index in [0.29, 0.717) is 44.3 Å². The van der Waals surface area contributed by atoms with Crippen LogP contribution in [0.15, 0.2) is 53.1 Å². The predicted octanol–water partition coefficient (Wildman–Crippen LogP) is 4.17. The van der Waals surface area contributed by atoms with Crippen LogP contribution < -0.4 is 9.47 Å². The maximum absolute atomic E-state index is 12.5. The molecule has 0 bridgehead atoms. The van der Waals surface area contributed by atoms with Crippen LogP contribution in [0.3, 0.4) is 0 Å². The van der Waals surface area contributed by atoms with Gasteiger partial charge in [-0.1, -0.05) is 36.3 Å². The van der Waals surface area contributed by atoms with Gasteiger partial charge in [-0.05, 0) is 48.2 Å². The summed E-state index contributed by atoms with van der Waals surface area (Å²) in [6.45, 7) is 3.96. The molecule has 1 unspecified atom stereocenters. The fourth-order valence-electron chi connectivity index (χ4n) is 3.81. The molecule has 0 radical (unpaired) electrons. The van der Waals surface area contributed by atoms with Crippen molar-refractivity contribution in [2.45, 2.75) is 45.1 Å². The predicted molar refractivity (Wildman–Crippen MR) is 120 cm³/mol. The molecule has 32 heavy (non-hydrogen) atoms. The maximum atomic E-state index is 12.5. The van der Waals surface area contributed by atoms with Gasteiger partial charge in [0.2, 0.25) is 11.8 Å². The summed E-state index contributed by atoms with van der Waals surface area (Å²) in [7, 11) is 1.66. The van der Waals surface area contributed by atoms with Gasteiger partial charge < -0.3 is 18.9 Å². The first kappa shape index (κ1) is 21.9. The molecule has 1 fully saturated rings. The largest absolute Gasteiger partial charge is 0.497 e. The number of methoxy groups -OCH3 is 1. The summed E-state index contributed by atoms with van der Waals surface area (Å²) < 4.78 is 16.3. The zero-order chi connectivity index (χ0) is 22.3. The summed E-state index contributed by atoms with van der Waals surface area (Å²) in [4.78, 5) is 19.0. The van der Waals surface area contributed by atoms with Gasteiger partial charge in [-0.15, -0.1) is 0 Å². The molecule has 1 aliphatic heterocycles. The Balaban J connectivity index is 1.30. The first-order valence-electron chi connectivity index (χ1n) is 11.1. The SMILES string of the molecule is CCCOc1ccc(CN2CC(c3noc(CCc4ccc(OC)cc4)n3)CC2=O)cc1. The molecule has 1 amide bonds. The Morgan fingerprint density at radius 1 is 1.03 bits per heavy atom. The molecule has 1 aliphatic rings. The molecule has 0 spiro atoms. The van der Waals surface area contributed by atoms with Crippen LogP contribution in [0.5, 0.6) is 11.5 Å². The summed E-state index contributed by atoms with van der Waals surface area (Å²) in [6, 6.07) is 15.9. The van der Waals surface area contributed by atoms with Crippen molar-refractivity contribution < 1.29 is 18.8 Å². The highest BCUT2D eigenvalue weighted by atomic mass is 16.5. The second-order valence-electron chi connectivity index (χ2n) is 8.06. The van der Waals surface area contributed by atoms with Crippen LogP contribution >= 0.6 is 0 Å². The Labute approximate surface area is 188 Å². The standard InChI is InChI=1S/C25H29N3O4/c1-3-14-31-22-11-6-19(7-12-22)16-28-17-20(15-24(28)29)25-26-23(32-27-25)13-8-18-4-9-21(30-2)10-5-18/h4-7,9-12,20H,3,8,13-17H2,1-2H3. The van der Waals surface area contributed by atoms with Crippen LogP contribution in [0.1, 0.15) is 48.5 Å². The minimum absolute atomic E-state index is 0.0341. The lowest BCUT2D eigenvalue weighted by Crippen LogP contribution is -2.24. The van der Waals surface area contributed by atoms with Gasteiger partial charge in [0.05, 0.1) is 13.7 Å². The van der Waals surface area contributed by atoms with E-state index in [2.05, 4.69) is 17.1 Å². The van der Waals surface area contributed by atoms with Crippen LogP contribution in [0.25, 0.3) is 0 Å². The number of ether oxygens (including phenoxy) is 2. The van der Waals surface area contributed by atoms with Gasteiger partial charge in [-0.25, -0.2) is 0 Å². The highest BCUT2D eigenvalue weighted by molar-refractivity contribution is 5.79. The highest BCUT2D eigenvalue weighted by Gasteiger charge is 2.33. The molecule has 168 valence electrons. The molecule has 1 saturated heterocycles. The normalized spacial score (nSPS) is 15.9. The van der Waals surface area contributed by atoms with E-state index < -0.39 is 0 Å². The molecule has 4 rings (SSSR count). The summed E-state index contributed by atoms with van der Waals surface area (Å²) in [5.41, 5.74) is 2.26. The molecular formula is C25H29N3O4. The van der Waals surface area contributed by atoms with E-state index in [0.717, 1.165) is 29.9 Å². The number of carbonyl (C=O) groups excluding carboxylic acids is 1. The molecular weight excluding hydrogens is 406 g/mol. The Morgan fingerprint density at radius 3 is 2.47 bits per heavy atom. The van der Waals surface area contributed by atoms with Crippen LogP contribution in [-0.4, -0.2) is 41.2 Å². The average molecular weight is 436 g/mol. The van der Waals surface area contributed by atoms with E-state index >= 15 is 0 Å². The van der Waals surface area contributed by atoms with Crippen molar-refractivity contribution in [1.29, 1.82) is 0 Å². The molecule has 0 N–H and O–H groups in total. The fraction of sp³-hybridized carbons (Fsp3) is 0.400. The number of benzene rings is 2. The number of nitrogens with zero attached hydrogens (tertiary/aromatic N) is 3. The van der Waals surface area contributed by atoms with Gasteiger partial charge in [0, 0.05) is 31.8 Å². The van der Waals surface area contributed by atoms with E-state index in [9.17, 15) is 4.79 Å². The summed E-state index contributed by atoms with van der Waals surface area (Å²) in [6.07, 6.45) is 2.86. The monoisotopic (exact) mass is 435 g/mol. The second kappa shape index (κ2) is 10.3. The van der Waals surface area contributed by atoms with E-state index in [1.807, 2.05) is 53.4 Å². The Kier molecular flexibility index (Phi) is 7.04. The van der Waals surface area contributed by atoms with Crippen molar-refractivity contribution in [2.24, 2.45) is 0 Å². The topological polar surface area (TPSA) is 77.7 Å². The number of likely N-dealkylation sites (tertiary alicyclic amines) is 1. The minimum Gasteiger partial charge on any atom is -0.497 e. The molecule has 1 atom stereocenters. The lowest BCUT2D eigenvalue weighted by Gasteiger charge is -2.16. The quantitative estimate of drug-likeness (QED) is 0.476. The van der Waals surface area contributed by atoms with Crippen LogP contribution in [0.4, 0.5) is 0 Å². The lowest BCUT2D eigenvalue weighted by molar-refractivity contribution is -0.128. The van der Waals surface area contributed by atoms with Crippen molar-refractivity contribution in [3.05, 3.63) is 71.4 Å². The van der Waals surface area contributed by atoms with Gasteiger partial charge in [0.15, 0.2) is 5.82 Å². The molecule has 1 aromatic heterocycles. The van der Waals surface area contributed by atoms with E-state index in [4.69, 9.17) is 14.0 Å². The van der Waals surface area contributed by atoms with Gasteiger partial charge in [-0.3, -0.25) is 4.79 Å². The number of amides is 1. The zero-order valence-corrected chi connectivity index (χ0v) is 18.6. The van der Waals surface area contributed by atoms with Gasteiger partial charge in [-0.2, -0.15) is 4.98 Å². The molecule has 0 saturated carbocycles. The van der Waals surface area contributed by atoms with Gasteiger partial charge >= 0.3 is 0 Å². The smallest absolute Gasteiger partial charge is 0.226 e. The summed E-state index contributed by atoms with van der Waals surface area (Å²) >= 11 is 0. The van der Waals surface area contributed by atoms with Gasteiger partial charge in [0.25, 0.3) is 0 Å². The summed E-state index contributed by atoms with van der Waals surface area (Å²) in [5.74, 6) is 3.00. The molecule has 7 nitrogen and oxygen atoms in total. The zero-order valence-electron chi connectivity index (χ0n) is 18.6. The number of hydrogen-bond donors (Lipinski definition) is 0. The number of aromatic nitrogens is 2. The number of aryl methyl sites for hydroxylation is 2. The van der Waals surface area contributed by atoms with E-state index in [-0.39, 0.29) is 11.8 Å². The van der Waals surface area contributed by atoms with E-state index in [1.165, 1.54) is 5.56 Å². The third kappa shape index (κ3) is 5.46. The number of rotatable bonds is 10. The first-order chi connectivity index (χ1) is 15.6. The average Bonchev–Trinajstić information content (AvgIpc) is 3.44. The van der Waals surface area contributed by atoms with Crippen molar-refractivity contribution in [2.75, 3.05) is 20.3 Å². The van der Waals surface area contributed by atoms with Crippen LogP contribution in [-0.2, 0) is 24.2 Å². The van der Waals surface area contributed by atoms with Gasteiger partial charge in [0.1, 0.15) is 11.5 Å². The molecule has 7 heteroatoms. The van der Waals surface area contributed by atoms with E-state index in [1.54, 1.807) is 7.11 Å². The minimum atomic E-state index is -0.0341. The fourth-order valence-corrected chi connectivity index (χ4v) is 3.81. The van der Waals surface area contributed by atoms with Crippen LogP contribution in [0, 0.1) is 0 Å². The number of hydrogen-bond acceptors (Lipinski definition) is 6. The molecule has 3 aromatic rings. The second-order valence-corrected chi connectivity index (χ2v) is 8.06. The Hall–Kier alpha value is -3.35. The van der Waals surface area contributed by atoms with Crippen molar-refractivity contribution >= 4 is 5.91 Å². The van der Waals surface area contributed by atoms with Crippen molar-refractivity contribution in [3.63, 3.8) is 0 Å². The molecule has 2 aromatic carbocycles. The van der Waals surface area contributed by atoms with Crippen molar-refractivity contribution in [1.82, 2.24) is 15.0 Å². The Bertz CT molecular complexity index is 1010. The molecule has 2 heterocycles. The number of carbonyl (C=O) groups is 1. The lowest BCUT2D eigenvalue weighted by atomic mass is 10.1. The highest BCUT2D eigenvalue weighted by Crippen LogP contribution is 2.28. The van der Waals surface area contributed by atoms with Crippen molar-refractivity contribution in [3.8, 4) is 11.5 Å². The third-order valence-corrected chi connectivity index (χ3v) is 5.62.